The van der Waals surface area contributed by atoms with Crippen LogP contribution in [0.5, 0.6) is 5.75 Å². The highest BCUT2D eigenvalue weighted by Crippen LogP contribution is 2.28. The van der Waals surface area contributed by atoms with E-state index in [2.05, 4.69) is 0 Å². The maximum atomic E-state index is 11.9. The maximum Gasteiger partial charge on any atom is 0.340 e. The number of benzene rings is 1. The van der Waals surface area contributed by atoms with E-state index < -0.39 is 0 Å². The van der Waals surface area contributed by atoms with Crippen LogP contribution in [-0.4, -0.2) is 24.6 Å². The van der Waals surface area contributed by atoms with Crippen LogP contribution < -0.4 is 4.74 Å². The van der Waals surface area contributed by atoms with Crippen molar-refractivity contribution in [2.24, 2.45) is 0 Å². The molecule has 0 atom stereocenters. The first-order valence-corrected chi connectivity index (χ1v) is 6.57. The largest absolute Gasteiger partial charge is 0.497 e. The molecule has 0 spiro atoms. The molecule has 0 aliphatic carbocycles. The molecule has 0 saturated heterocycles. The van der Waals surface area contributed by atoms with E-state index in [4.69, 9.17) is 9.47 Å². The minimum Gasteiger partial charge on any atom is -0.497 e. The number of pyridine rings is 1. The summed E-state index contributed by atoms with van der Waals surface area (Å²) in [5.41, 5.74) is 3.33. The Morgan fingerprint density at radius 2 is 1.81 bits per heavy atom. The molecule has 4 nitrogen and oxygen atoms in total. The van der Waals surface area contributed by atoms with E-state index >= 15 is 0 Å². The summed E-state index contributed by atoms with van der Waals surface area (Å²) in [4.78, 5) is 11.9. The summed E-state index contributed by atoms with van der Waals surface area (Å²) in [7, 11) is 3.03. The van der Waals surface area contributed by atoms with Crippen molar-refractivity contribution in [3.63, 3.8) is 0 Å². The van der Waals surface area contributed by atoms with Gasteiger partial charge in [0.2, 0.25) is 0 Å². The first kappa shape index (κ1) is 13.2. The van der Waals surface area contributed by atoms with E-state index in [1.807, 2.05) is 59.1 Å². The molecule has 2 aromatic heterocycles. The average molecular weight is 281 g/mol. The lowest BCUT2D eigenvalue weighted by molar-refractivity contribution is 0.0603. The Morgan fingerprint density at radius 1 is 1.05 bits per heavy atom. The van der Waals surface area contributed by atoms with Crippen molar-refractivity contribution in [2.75, 3.05) is 14.2 Å². The highest BCUT2D eigenvalue weighted by Gasteiger charge is 2.16. The Hall–Kier alpha value is -2.75. The molecular formula is C17H15NO3. The predicted molar refractivity (Wildman–Crippen MR) is 80.7 cm³/mol. The Balaban J connectivity index is 2.20. The summed E-state index contributed by atoms with van der Waals surface area (Å²) in [6.07, 6.45) is 1.93. The molecule has 0 aliphatic rings. The number of hydrogen-bond donors (Lipinski definition) is 0. The summed E-state index contributed by atoms with van der Waals surface area (Å²) in [6, 6.07) is 15.3. The molecule has 0 radical (unpaired) electrons. The van der Waals surface area contributed by atoms with Gasteiger partial charge in [0.1, 0.15) is 5.75 Å². The number of rotatable bonds is 3. The van der Waals surface area contributed by atoms with Crippen molar-refractivity contribution in [1.29, 1.82) is 0 Å². The average Bonchev–Trinajstić information content (AvgIpc) is 2.94. The van der Waals surface area contributed by atoms with Crippen molar-refractivity contribution >= 4 is 11.5 Å². The van der Waals surface area contributed by atoms with Gasteiger partial charge in [0.05, 0.1) is 31.0 Å². The number of carbonyl (C=O) groups is 1. The number of carbonyl (C=O) groups excluding carboxylic acids is 1. The summed E-state index contributed by atoms with van der Waals surface area (Å²) in [5.74, 6) is 0.464. The van der Waals surface area contributed by atoms with E-state index in [9.17, 15) is 4.79 Å². The second kappa shape index (κ2) is 5.32. The molecule has 3 rings (SSSR count). The van der Waals surface area contributed by atoms with Crippen LogP contribution in [0.3, 0.4) is 0 Å². The van der Waals surface area contributed by atoms with Crippen LogP contribution in [0.2, 0.25) is 0 Å². The molecule has 0 bridgehead atoms. The summed E-state index contributed by atoms with van der Waals surface area (Å²) >= 11 is 0. The summed E-state index contributed by atoms with van der Waals surface area (Å²) in [6.45, 7) is 0. The number of fused-ring (bicyclic) bond motifs is 1. The van der Waals surface area contributed by atoms with Gasteiger partial charge in [-0.2, -0.15) is 0 Å². The van der Waals surface area contributed by atoms with Gasteiger partial charge in [0.25, 0.3) is 0 Å². The minimum absolute atomic E-state index is 0.335. The normalized spacial score (nSPS) is 10.6. The lowest BCUT2D eigenvalue weighted by atomic mass is 10.1. The second-order valence-corrected chi connectivity index (χ2v) is 4.62. The van der Waals surface area contributed by atoms with Crippen LogP contribution in [0.4, 0.5) is 0 Å². The molecule has 21 heavy (non-hydrogen) atoms. The fraction of sp³-hybridized carbons (Fsp3) is 0.118. The zero-order valence-electron chi connectivity index (χ0n) is 11.9. The van der Waals surface area contributed by atoms with Gasteiger partial charge in [-0.15, -0.1) is 0 Å². The van der Waals surface area contributed by atoms with Crippen molar-refractivity contribution in [1.82, 2.24) is 4.40 Å². The summed E-state index contributed by atoms with van der Waals surface area (Å²) in [5, 5.41) is 0. The lowest BCUT2D eigenvalue weighted by Gasteiger charge is -2.04. The quantitative estimate of drug-likeness (QED) is 0.691. The Labute approximate surface area is 122 Å². The van der Waals surface area contributed by atoms with Gasteiger partial charge in [-0.1, -0.05) is 6.07 Å². The fourth-order valence-corrected chi connectivity index (χ4v) is 2.41. The van der Waals surface area contributed by atoms with E-state index in [1.54, 1.807) is 7.11 Å². The van der Waals surface area contributed by atoms with Gasteiger partial charge in [-0.05, 0) is 48.0 Å². The Kier molecular flexibility index (Phi) is 3.36. The van der Waals surface area contributed by atoms with Gasteiger partial charge < -0.3 is 13.9 Å². The molecule has 4 heteroatoms. The van der Waals surface area contributed by atoms with Crippen LogP contribution in [0.25, 0.3) is 16.8 Å². The third-order valence-electron chi connectivity index (χ3n) is 3.47. The van der Waals surface area contributed by atoms with Crippen LogP contribution in [0.15, 0.2) is 54.7 Å². The zero-order valence-corrected chi connectivity index (χ0v) is 11.9. The molecule has 1 aromatic carbocycles. The van der Waals surface area contributed by atoms with Gasteiger partial charge in [0.15, 0.2) is 0 Å². The van der Waals surface area contributed by atoms with Gasteiger partial charge >= 0.3 is 5.97 Å². The van der Waals surface area contributed by atoms with Crippen molar-refractivity contribution in [3.05, 3.63) is 60.3 Å². The zero-order chi connectivity index (χ0) is 14.8. The molecule has 0 aliphatic heterocycles. The van der Waals surface area contributed by atoms with Crippen LogP contribution in [0, 0.1) is 0 Å². The molecule has 0 saturated carbocycles. The van der Waals surface area contributed by atoms with Crippen molar-refractivity contribution in [2.45, 2.75) is 0 Å². The highest BCUT2D eigenvalue weighted by molar-refractivity contribution is 5.99. The van der Waals surface area contributed by atoms with Gasteiger partial charge in [-0.25, -0.2) is 4.79 Å². The van der Waals surface area contributed by atoms with E-state index in [0.29, 0.717) is 5.56 Å². The summed E-state index contributed by atoms with van der Waals surface area (Å²) < 4.78 is 12.0. The second-order valence-electron chi connectivity index (χ2n) is 4.62. The number of nitrogens with zero attached hydrogens (tertiary/aromatic N) is 1. The number of methoxy groups -OCH3 is 2. The highest BCUT2D eigenvalue weighted by atomic mass is 16.5. The molecule has 0 amide bonds. The molecule has 0 unspecified atom stereocenters. The third-order valence-corrected chi connectivity index (χ3v) is 3.47. The standard InChI is InChI=1S/C17H15NO3/c1-20-13-8-6-12(7-9-13)16-11-14(17(19)21-2)15-5-3-4-10-18(15)16/h3-11H,1-2H3. The van der Waals surface area contributed by atoms with Crippen LogP contribution in [0.1, 0.15) is 10.4 Å². The number of esters is 1. The van der Waals surface area contributed by atoms with E-state index in [-0.39, 0.29) is 5.97 Å². The number of hydrogen-bond acceptors (Lipinski definition) is 3. The van der Waals surface area contributed by atoms with Crippen molar-refractivity contribution < 1.29 is 14.3 Å². The Morgan fingerprint density at radius 3 is 2.48 bits per heavy atom. The molecule has 0 N–H and O–H groups in total. The van der Waals surface area contributed by atoms with E-state index in [0.717, 1.165) is 22.5 Å². The first-order chi connectivity index (χ1) is 10.2. The molecule has 0 fully saturated rings. The number of aromatic nitrogens is 1. The SMILES string of the molecule is COC(=O)c1cc(-c2ccc(OC)cc2)n2ccccc12. The third kappa shape index (κ3) is 2.25. The van der Waals surface area contributed by atoms with Gasteiger partial charge in [0, 0.05) is 6.20 Å². The molecule has 106 valence electrons. The lowest BCUT2D eigenvalue weighted by Crippen LogP contribution is -1.99. The molecule has 2 heterocycles. The van der Waals surface area contributed by atoms with Gasteiger partial charge in [-0.3, -0.25) is 0 Å². The fourth-order valence-electron chi connectivity index (χ4n) is 2.41. The van der Waals surface area contributed by atoms with E-state index in [1.165, 1.54) is 7.11 Å². The monoisotopic (exact) mass is 281 g/mol. The number of ether oxygens (including phenoxy) is 2. The first-order valence-electron chi connectivity index (χ1n) is 6.57. The molecular weight excluding hydrogens is 266 g/mol. The minimum atomic E-state index is -0.335. The molecule has 3 aromatic rings. The predicted octanol–water partition coefficient (Wildman–Crippen LogP) is 3.40. The van der Waals surface area contributed by atoms with Crippen molar-refractivity contribution in [3.8, 4) is 17.0 Å². The topological polar surface area (TPSA) is 39.9 Å². The smallest absolute Gasteiger partial charge is 0.340 e. The Bertz CT molecular complexity index is 787. The van der Waals surface area contributed by atoms with Crippen LogP contribution in [-0.2, 0) is 4.74 Å². The van der Waals surface area contributed by atoms with Crippen LogP contribution >= 0.6 is 0 Å². The maximum absolute atomic E-state index is 11.9.